The maximum Gasteiger partial charge on any atom is 0.169 e. The van der Waals surface area contributed by atoms with Gasteiger partial charge in [0.15, 0.2) is 6.17 Å². The Morgan fingerprint density at radius 2 is 1.17 bits per heavy atom. The molecule has 0 radical (unpaired) electrons. The molecule has 42 heavy (non-hydrogen) atoms. The van der Waals surface area contributed by atoms with Crippen LogP contribution in [-0.4, -0.2) is 11.7 Å². The first kappa shape index (κ1) is 25.2. The second-order valence-electron chi connectivity index (χ2n) is 10.2. The number of aliphatic imine (C=N–C) groups is 2. The van der Waals surface area contributed by atoms with E-state index in [1.54, 1.807) is 0 Å². The van der Waals surface area contributed by atoms with Crippen molar-refractivity contribution in [3.05, 3.63) is 168 Å². The lowest BCUT2D eigenvalue weighted by Crippen LogP contribution is -2.36. The third-order valence-corrected chi connectivity index (χ3v) is 7.56. The summed E-state index contributed by atoms with van der Waals surface area (Å²) in [4.78, 5) is 9.96. The molecule has 0 spiro atoms. The Morgan fingerprint density at radius 3 is 1.90 bits per heavy atom. The molecule has 0 saturated heterocycles. The molecule has 6 aromatic carbocycles. The number of amidine groups is 2. The highest BCUT2D eigenvalue weighted by molar-refractivity contribution is 6.16. The third kappa shape index (κ3) is 4.85. The normalized spacial score (nSPS) is 14.4. The standard InChI is InChI=1S/C38H26N4/c39-25-26-10-9-16-32(24-26)35-33-17-8-7-11-27(33)22-23-34(35)28-18-20-31(21-19-28)38-41-36(29-12-3-1-4-13-29)40-37(42-38)30-14-5-2-6-15-30/h1-24,36H,(H,40,41,42). The number of hydrogen-bond acceptors (Lipinski definition) is 4. The molecule has 0 bridgehead atoms. The molecule has 6 aromatic rings. The van der Waals surface area contributed by atoms with Gasteiger partial charge in [0.2, 0.25) is 0 Å². The Morgan fingerprint density at radius 1 is 0.548 bits per heavy atom. The predicted octanol–water partition coefficient (Wildman–Crippen LogP) is 8.54. The maximum absolute atomic E-state index is 9.57. The fourth-order valence-electron chi connectivity index (χ4n) is 5.49. The van der Waals surface area contributed by atoms with Gasteiger partial charge < -0.3 is 5.32 Å². The molecule has 0 saturated carbocycles. The van der Waals surface area contributed by atoms with Gasteiger partial charge in [0, 0.05) is 11.1 Å². The minimum absolute atomic E-state index is 0.336. The van der Waals surface area contributed by atoms with Crippen molar-refractivity contribution in [1.82, 2.24) is 5.32 Å². The fourth-order valence-corrected chi connectivity index (χ4v) is 5.49. The number of fused-ring (bicyclic) bond motifs is 1. The van der Waals surface area contributed by atoms with Gasteiger partial charge in [-0.1, -0.05) is 133 Å². The molecule has 1 aliphatic heterocycles. The SMILES string of the molecule is N#Cc1cccc(-c2c(-c3ccc(C4=NC(c5ccccc5)N=C(c5ccccc5)N4)cc3)ccc3ccccc23)c1. The summed E-state index contributed by atoms with van der Waals surface area (Å²) < 4.78 is 0. The largest absolute Gasteiger partial charge is 0.324 e. The van der Waals surface area contributed by atoms with Crippen LogP contribution in [0.15, 0.2) is 156 Å². The molecule has 1 unspecified atom stereocenters. The van der Waals surface area contributed by atoms with Gasteiger partial charge in [0.1, 0.15) is 11.7 Å². The number of nitrogens with zero attached hydrogens (tertiary/aromatic N) is 3. The smallest absolute Gasteiger partial charge is 0.169 e. The van der Waals surface area contributed by atoms with Gasteiger partial charge in [0.05, 0.1) is 11.6 Å². The van der Waals surface area contributed by atoms with Crippen LogP contribution in [0.5, 0.6) is 0 Å². The topological polar surface area (TPSA) is 60.5 Å². The van der Waals surface area contributed by atoms with E-state index in [1.165, 1.54) is 0 Å². The molecule has 7 rings (SSSR count). The molecular formula is C38H26N4. The van der Waals surface area contributed by atoms with E-state index in [0.29, 0.717) is 5.56 Å². The van der Waals surface area contributed by atoms with Gasteiger partial charge in [0.25, 0.3) is 0 Å². The first-order valence-electron chi connectivity index (χ1n) is 13.9. The molecule has 0 aliphatic carbocycles. The summed E-state index contributed by atoms with van der Waals surface area (Å²) >= 11 is 0. The average molecular weight is 539 g/mol. The van der Waals surface area contributed by atoms with E-state index >= 15 is 0 Å². The zero-order chi connectivity index (χ0) is 28.3. The van der Waals surface area contributed by atoms with Crippen molar-refractivity contribution in [3.8, 4) is 28.3 Å². The van der Waals surface area contributed by atoms with Crippen molar-refractivity contribution in [2.45, 2.75) is 6.17 Å². The minimum atomic E-state index is -0.336. The lowest BCUT2D eigenvalue weighted by Gasteiger charge is -2.22. The summed E-state index contributed by atoms with van der Waals surface area (Å²) in [7, 11) is 0. The average Bonchev–Trinajstić information content (AvgIpc) is 3.08. The molecule has 0 amide bonds. The Labute approximate surface area is 245 Å². The molecule has 1 N–H and O–H groups in total. The Balaban J connectivity index is 1.30. The van der Waals surface area contributed by atoms with Crippen molar-refractivity contribution >= 4 is 22.4 Å². The highest BCUT2D eigenvalue weighted by Crippen LogP contribution is 2.38. The molecule has 1 aliphatic rings. The van der Waals surface area contributed by atoms with Crippen molar-refractivity contribution in [3.63, 3.8) is 0 Å². The summed E-state index contributed by atoms with van der Waals surface area (Å²) in [6.45, 7) is 0. The first-order valence-corrected chi connectivity index (χ1v) is 13.9. The molecule has 0 aromatic heterocycles. The van der Waals surface area contributed by atoms with E-state index in [0.717, 1.165) is 61.4 Å². The summed E-state index contributed by atoms with van der Waals surface area (Å²) in [5, 5.41) is 15.4. The highest BCUT2D eigenvalue weighted by atomic mass is 15.2. The molecule has 0 fully saturated rings. The van der Waals surface area contributed by atoms with E-state index in [-0.39, 0.29) is 6.17 Å². The number of benzene rings is 6. The van der Waals surface area contributed by atoms with Crippen LogP contribution in [-0.2, 0) is 0 Å². The van der Waals surface area contributed by atoms with Crippen LogP contribution < -0.4 is 5.32 Å². The van der Waals surface area contributed by atoms with Gasteiger partial charge in [-0.05, 0) is 50.7 Å². The molecule has 1 heterocycles. The first-order chi connectivity index (χ1) is 20.8. The Bertz CT molecular complexity index is 2000. The second-order valence-corrected chi connectivity index (χ2v) is 10.2. The summed E-state index contributed by atoms with van der Waals surface area (Å²) in [6.07, 6.45) is -0.336. The van der Waals surface area contributed by atoms with Crippen molar-refractivity contribution in [2.24, 2.45) is 9.98 Å². The van der Waals surface area contributed by atoms with Gasteiger partial charge in [-0.3, -0.25) is 0 Å². The van der Waals surface area contributed by atoms with E-state index in [1.807, 2.05) is 54.6 Å². The van der Waals surface area contributed by atoms with Gasteiger partial charge in [-0.25, -0.2) is 9.98 Å². The quantitative estimate of drug-likeness (QED) is 0.239. The van der Waals surface area contributed by atoms with Crippen LogP contribution in [0.2, 0.25) is 0 Å². The highest BCUT2D eigenvalue weighted by Gasteiger charge is 2.21. The summed E-state index contributed by atoms with van der Waals surface area (Å²) in [5.41, 5.74) is 8.04. The van der Waals surface area contributed by atoms with E-state index in [4.69, 9.17) is 9.98 Å². The molecule has 4 nitrogen and oxygen atoms in total. The number of nitrogens with one attached hydrogen (secondary N) is 1. The third-order valence-electron chi connectivity index (χ3n) is 7.56. The second kappa shape index (κ2) is 11.0. The summed E-state index contributed by atoms with van der Waals surface area (Å²) in [5.74, 6) is 1.58. The Hall–Kier alpha value is -5.79. The van der Waals surface area contributed by atoms with E-state index < -0.39 is 0 Å². The molecule has 4 heteroatoms. The van der Waals surface area contributed by atoms with Crippen molar-refractivity contribution < 1.29 is 0 Å². The van der Waals surface area contributed by atoms with Crippen LogP contribution in [0, 0.1) is 11.3 Å². The minimum Gasteiger partial charge on any atom is -0.324 e. The number of rotatable bonds is 5. The van der Waals surface area contributed by atoms with Crippen LogP contribution in [0.3, 0.4) is 0 Å². The summed E-state index contributed by atoms with van der Waals surface area (Å²) in [6, 6.07) is 51.7. The van der Waals surface area contributed by atoms with Gasteiger partial charge >= 0.3 is 0 Å². The zero-order valence-electron chi connectivity index (χ0n) is 22.8. The molecular weight excluding hydrogens is 512 g/mol. The molecule has 198 valence electrons. The van der Waals surface area contributed by atoms with Gasteiger partial charge in [-0.15, -0.1) is 0 Å². The zero-order valence-corrected chi connectivity index (χ0v) is 22.8. The van der Waals surface area contributed by atoms with Crippen LogP contribution in [0.1, 0.15) is 28.4 Å². The van der Waals surface area contributed by atoms with Crippen molar-refractivity contribution in [1.29, 1.82) is 5.26 Å². The number of nitriles is 1. The lowest BCUT2D eigenvalue weighted by atomic mass is 9.89. The lowest BCUT2D eigenvalue weighted by molar-refractivity contribution is 0.756. The van der Waals surface area contributed by atoms with E-state index in [9.17, 15) is 5.26 Å². The predicted molar refractivity (Wildman–Crippen MR) is 171 cm³/mol. The maximum atomic E-state index is 9.57. The number of hydrogen-bond donors (Lipinski definition) is 1. The Kier molecular flexibility index (Phi) is 6.60. The molecule has 1 atom stereocenters. The van der Waals surface area contributed by atoms with Gasteiger partial charge in [-0.2, -0.15) is 5.26 Å². The van der Waals surface area contributed by atoms with Crippen LogP contribution in [0.4, 0.5) is 0 Å². The van der Waals surface area contributed by atoms with E-state index in [2.05, 4.69) is 102 Å². The van der Waals surface area contributed by atoms with Crippen LogP contribution in [0.25, 0.3) is 33.0 Å². The monoisotopic (exact) mass is 538 g/mol. The fraction of sp³-hybridized carbons (Fsp3) is 0.0263. The van der Waals surface area contributed by atoms with Crippen LogP contribution >= 0.6 is 0 Å². The van der Waals surface area contributed by atoms with Crippen molar-refractivity contribution in [2.75, 3.05) is 0 Å².